The number of aliphatic hydroxyl groups is 3. The Morgan fingerprint density at radius 1 is 0.800 bits per heavy atom. The van der Waals surface area contributed by atoms with Crippen LogP contribution < -0.4 is 0 Å². The van der Waals surface area contributed by atoms with Crippen molar-refractivity contribution in [3.8, 4) is 0 Å². The van der Waals surface area contributed by atoms with E-state index in [2.05, 4.69) is 56.4 Å². The molecule has 7 heteroatoms. The summed E-state index contributed by atoms with van der Waals surface area (Å²) in [5, 5.41) is 31.5. The molecule has 0 saturated carbocycles. The maximum Gasteiger partial charge on any atom is 0.207 e. The molecular weight excluding hydrogens is 320 g/mol. The van der Waals surface area contributed by atoms with E-state index in [4.69, 9.17) is 0 Å². The van der Waals surface area contributed by atoms with E-state index < -0.39 is 18.3 Å². The number of quaternary nitrogens is 4. The minimum absolute atomic E-state index is 0.403. The van der Waals surface area contributed by atoms with Crippen molar-refractivity contribution in [2.45, 2.75) is 18.3 Å². The van der Waals surface area contributed by atoms with Gasteiger partial charge in [0.1, 0.15) is 39.3 Å². The van der Waals surface area contributed by atoms with Crippen LogP contribution in [0.1, 0.15) is 0 Å². The van der Waals surface area contributed by atoms with Crippen LogP contribution in [0.25, 0.3) is 0 Å². The lowest BCUT2D eigenvalue weighted by Gasteiger charge is -2.50. The van der Waals surface area contributed by atoms with Crippen molar-refractivity contribution in [3.05, 3.63) is 0 Å². The van der Waals surface area contributed by atoms with Crippen molar-refractivity contribution in [2.24, 2.45) is 0 Å². The number of nitrogens with zero attached hydrogens (tertiary/aromatic N) is 4. The van der Waals surface area contributed by atoms with E-state index in [-0.39, 0.29) is 0 Å². The van der Waals surface area contributed by atoms with Gasteiger partial charge in [-0.3, -0.25) is 8.97 Å². The smallest absolute Gasteiger partial charge is 0.207 e. The monoisotopic (exact) mass is 364 g/mol. The number of aliphatic hydroxyl groups excluding tert-OH is 3. The van der Waals surface area contributed by atoms with Gasteiger partial charge in [0.15, 0.2) is 18.3 Å². The summed E-state index contributed by atoms with van der Waals surface area (Å²) in [4.78, 5) is 0. The van der Waals surface area contributed by atoms with Crippen LogP contribution in [0.5, 0.6) is 0 Å². The van der Waals surface area contributed by atoms with Gasteiger partial charge in [-0.1, -0.05) is 0 Å². The molecule has 4 unspecified atom stereocenters. The van der Waals surface area contributed by atoms with Crippen molar-refractivity contribution in [2.75, 3.05) is 102 Å². The van der Waals surface area contributed by atoms with Crippen molar-refractivity contribution < 1.29 is 33.3 Å². The lowest BCUT2D eigenvalue weighted by Crippen LogP contribution is -2.71. The summed E-state index contributed by atoms with van der Waals surface area (Å²) in [5.74, 6) is 0. The Hall–Kier alpha value is -0.280. The second kappa shape index (κ2) is 7.76. The molecule has 3 N–H and O–H groups in total. The van der Waals surface area contributed by atoms with E-state index in [1.165, 1.54) is 0 Å². The fourth-order valence-electron chi connectivity index (χ4n) is 4.68. The molecule has 1 aliphatic heterocycles. The number of hydrogen-bond donors (Lipinski definition) is 3. The molecule has 1 rings (SSSR count). The quantitative estimate of drug-likeness (QED) is 0.452. The highest BCUT2D eigenvalue weighted by Gasteiger charge is 2.46. The molecule has 7 nitrogen and oxygen atoms in total. The first-order chi connectivity index (χ1) is 11.0. The van der Waals surface area contributed by atoms with Gasteiger partial charge >= 0.3 is 0 Å². The van der Waals surface area contributed by atoms with Crippen molar-refractivity contribution in [1.29, 1.82) is 0 Å². The molecule has 1 fully saturated rings. The Morgan fingerprint density at radius 2 is 1.12 bits per heavy atom. The van der Waals surface area contributed by atoms with E-state index in [0.29, 0.717) is 48.2 Å². The van der Waals surface area contributed by atoms with E-state index in [0.717, 1.165) is 15.6 Å². The molecule has 0 aliphatic carbocycles. The molecule has 1 saturated heterocycles. The zero-order valence-electron chi connectivity index (χ0n) is 17.8. The average molecular weight is 365 g/mol. The summed E-state index contributed by atoms with van der Waals surface area (Å²) in [5.41, 5.74) is 0. The van der Waals surface area contributed by atoms with E-state index >= 15 is 0 Å². The van der Waals surface area contributed by atoms with Gasteiger partial charge in [0.25, 0.3) is 0 Å². The third-order valence-corrected chi connectivity index (χ3v) is 4.81. The largest absolute Gasteiger partial charge is 0.382 e. The molecule has 0 radical (unpaired) electrons. The molecule has 0 amide bonds. The molecule has 0 aromatic heterocycles. The Labute approximate surface area is 154 Å². The molecule has 150 valence electrons. The summed E-state index contributed by atoms with van der Waals surface area (Å²) in [7, 11) is 16.7. The Balaban J connectivity index is 2.77. The predicted molar refractivity (Wildman–Crippen MR) is 101 cm³/mol. The van der Waals surface area contributed by atoms with E-state index in [9.17, 15) is 15.3 Å². The van der Waals surface area contributed by atoms with E-state index in [1.807, 2.05) is 0 Å². The molecule has 0 spiro atoms. The highest BCUT2D eigenvalue weighted by molar-refractivity contribution is 4.64. The molecular formula is C18H44N4O3+4. The predicted octanol–water partition coefficient (Wildman–Crippen LogP) is -1.65. The first-order valence-electron chi connectivity index (χ1n) is 9.33. The standard InChI is InChI=1S/C18H44N4O3/c1-19(2,3)9-16(23)11-21(7)13-18(25)14-22(8,15-21)12-17(24)10-20(4,5)6/h16-18,23-25H,9-15H2,1-8H3/q+4. The van der Waals surface area contributed by atoms with Crippen molar-refractivity contribution in [3.63, 3.8) is 0 Å². The Morgan fingerprint density at radius 3 is 1.40 bits per heavy atom. The van der Waals surface area contributed by atoms with Crippen LogP contribution in [-0.2, 0) is 0 Å². The van der Waals surface area contributed by atoms with Gasteiger partial charge < -0.3 is 24.3 Å². The lowest BCUT2D eigenvalue weighted by molar-refractivity contribution is -1.11. The van der Waals surface area contributed by atoms with Gasteiger partial charge in [0, 0.05) is 0 Å². The summed E-state index contributed by atoms with van der Waals surface area (Å²) in [6.45, 7) is 4.79. The summed E-state index contributed by atoms with van der Waals surface area (Å²) >= 11 is 0. The molecule has 1 aliphatic rings. The minimum atomic E-state index is -0.406. The van der Waals surface area contributed by atoms with Crippen LogP contribution in [0, 0.1) is 0 Å². The molecule has 0 bridgehead atoms. The zero-order valence-corrected chi connectivity index (χ0v) is 17.8. The van der Waals surface area contributed by atoms with E-state index in [1.54, 1.807) is 0 Å². The van der Waals surface area contributed by atoms with Gasteiger partial charge in [-0.2, -0.15) is 0 Å². The summed E-state index contributed by atoms with van der Waals surface area (Å²) in [6.07, 6.45) is -1.21. The number of hydrogen-bond acceptors (Lipinski definition) is 3. The second-order valence-corrected chi connectivity index (χ2v) is 11.0. The molecule has 25 heavy (non-hydrogen) atoms. The summed E-state index contributed by atoms with van der Waals surface area (Å²) in [6, 6.07) is 0. The maximum absolute atomic E-state index is 10.5. The molecule has 0 aromatic rings. The third-order valence-electron chi connectivity index (χ3n) is 4.81. The van der Waals surface area contributed by atoms with Gasteiger partial charge in [-0.25, -0.2) is 0 Å². The zero-order chi connectivity index (χ0) is 19.7. The van der Waals surface area contributed by atoms with Crippen LogP contribution in [0.4, 0.5) is 0 Å². The highest BCUT2D eigenvalue weighted by atomic mass is 16.3. The molecule has 0 aromatic carbocycles. The number of likely N-dealkylation sites (N-methyl/N-ethyl adjacent to an activating group) is 4. The highest BCUT2D eigenvalue weighted by Crippen LogP contribution is 2.22. The fraction of sp³-hybridized carbons (Fsp3) is 1.00. The Bertz CT molecular complexity index is 397. The number of rotatable bonds is 8. The van der Waals surface area contributed by atoms with Gasteiger partial charge in [-0.15, -0.1) is 0 Å². The van der Waals surface area contributed by atoms with Crippen LogP contribution in [0.3, 0.4) is 0 Å². The van der Waals surface area contributed by atoms with Crippen molar-refractivity contribution >= 4 is 0 Å². The fourth-order valence-corrected chi connectivity index (χ4v) is 4.68. The van der Waals surface area contributed by atoms with Crippen LogP contribution in [0.15, 0.2) is 0 Å². The first-order valence-corrected chi connectivity index (χ1v) is 9.33. The topological polar surface area (TPSA) is 60.7 Å². The summed E-state index contributed by atoms with van der Waals surface area (Å²) < 4.78 is 2.71. The van der Waals surface area contributed by atoms with Crippen LogP contribution in [-0.4, -0.2) is 154 Å². The van der Waals surface area contributed by atoms with Gasteiger partial charge in [0.05, 0.1) is 56.4 Å². The normalized spacial score (nSPS) is 34.0. The molecule has 4 atom stereocenters. The third kappa shape index (κ3) is 8.77. The lowest BCUT2D eigenvalue weighted by atomic mass is 10.1. The Kier molecular flexibility index (Phi) is 7.07. The van der Waals surface area contributed by atoms with Crippen molar-refractivity contribution in [1.82, 2.24) is 0 Å². The molecule has 1 heterocycles. The maximum atomic E-state index is 10.5. The minimum Gasteiger partial charge on any atom is -0.382 e. The SMILES string of the molecule is C[N+](C)(C)CC(O)C[N+]1(C)CC(O)C[N+](C)(CC(O)C[N+](C)(C)C)C1. The van der Waals surface area contributed by atoms with Crippen LogP contribution >= 0.6 is 0 Å². The van der Waals surface area contributed by atoms with Gasteiger partial charge in [0.2, 0.25) is 6.67 Å². The average Bonchev–Trinajstić information content (AvgIpc) is 2.16. The van der Waals surface area contributed by atoms with Gasteiger partial charge in [-0.05, 0) is 0 Å². The van der Waals surface area contributed by atoms with Crippen LogP contribution in [0.2, 0.25) is 0 Å². The first kappa shape index (κ1) is 22.8. The second-order valence-electron chi connectivity index (χ2n) is 11.0.